The number of aromatic amines is 1. The zero-order valence-corrected chi connectivity index (χ0v) is 20.8. The van der Waals surface area contributed by atoms with Crippen molar-refractivity contribution in [3.63, 3.8) is 0 Å². The van der Waals surface area contributed by atoms with E-state index in [1.54, 1.807) is 48.9 Å². The van der Waals surface area contributed by atoms with E-state index in [4.69, 9.17) is 0 Å². The van der Waals surface area contributed by atoms with Crippen molar-refractivity contribution in [3.8, 4) is 11.1 Å². The van der Waals surface area contributed by atoms with Crippen molar-refractivity contribution >= 4 is 38.1 Å². The molecule has 10 heteroatoms. The van der Waals surface area contributed by atoms with E-state index in [0.717, 1.165) is 59.7 Å². The van der Waals surface area contributed by atoms with Crippen LogP contribution in [0.25, 0.3) is 22.0 Å². The average Bonchev–Trinajstić information content (AvgIpc) is 3.48. The van der Waals surface area contributed by atoms with Crippen molar-refractivity contribution in [2.45, 2.75) is 12.3 Å². The zero-order valence-electron chi connectivity index (χ0n) is 19.9. The Morgan fingerprint density at radius 3 is 2.37 bits per heavy atom. The maximum absolute atomic E-state index is 12.7. The first-order valence-electron chi connectivity index (χ1n) is 12.0. The second-order valence-corrected chi connectivity index (χ2v) is 10.5. The molecule has 2 N–H and O–H groups in total. The fraction of sp³-hybridized carbons (Fsp3) is 0.179. The molecule has 0 radical (unpaired) electrons. The number of rotatable bonds is 6. The van der Waals surface area contributed by atoms with Gasteiger partial charge in [0.2, 0.25) is 0 Å². The summed E-state index contributed by atoms with van der Waals surface area (Å²) in [4.78, 5) is 13.9. The molecule has 3 heterocycles. The number of benzene rings is 3. The Morgan fingerprint density at radius 2 is 1.61 bits per heavy atom. The summed E-state index contributed by atoms with van der Waals surface area (Å²) in [6.07, 6.45) is 5.29. The molecule has 38 heavy (non-hydrogen) atoms. The number of hydrogen-bond donors (Lipinski definition) is 2. The quantitative estimate of drug-likeness (QED) is 0.327. The van der Waals surface area contributed by atoms with E-state index < -0.39 is 10.0 Å². The van der Waals surface area contributed by atoms with E-state index in [1.165, 1.54) is 0 Å². The number of nitrogens with zero attached hydrogens (tertiary/aromatic N) is 5. The maximum Gasteiger partial charge on any atom is 0.261 e. The number of nitrogens with one attached hydrogen (secondary N) is 2. The van der Waals surface area contributed by atoms with Gasteiger partial charge in [-0.3, -0.25) is 9.82 Å². The second-order valence-electron chi connectivity index (χ2n) is 8.86. The van der Waals surface area contributed by atoms with Gasteiger partial charge in [-0.1, -0.05) is 37.8 Å². The summed E-state index contributed by atoms with van der Waals surface area (Å²) >= 11 is 0. The second kappa shape index (κ2) is 10.5. The molecule has 5 aromatic rings. The summed E-state index contributed by atoms with van der Waals surface area (Å²) in [6.45, 7) is 3.12. The molecule has 194 valence electrons. The standard InChI is InChI=1S/C27H25N7O2S.CH4/c35-37(36,24-7-2-1-3-8-24)32-22-5-4-6-23(16-22)33-11-13-34(14-12-33)27-25-15-20(21-17-30-31-18-21)9-10-26(25)28-19-29-27;/h1-10,15-19,32H,11-14H2,(H,30,31);1H4. The highest BCUT2D eigenvalue weighted by molar-refractivity contribution is 7.92. The van der Waals surface area contributed by atoms with Gasteiger partial charge in [0.1, 0.15) is 12.1 Å². The molecular weight excluding hydrogens is 498 g/mol. The van der Waals surface area contributed by atoms with Gasteiger partial charge >= 0.3 is 0 Å². The lowest BCUT2D eigenvalue weighted by atomic mass is 10.1. The van der Waals surface area contributed by atoms with E-state index >= 15 is 0 Å². The maximum atomic E-state index is 12.7. The predicted octanol–water partition coefficient (Wildman–Crippen LogP) is 4.78. The summed E-state index contributed by atoms with van der Waals surface area (Å²) in [5, 5.41) is 7.93. The van der Waals surface area contributed by atoms with Gasteiger partial charge in [-0.2, -0.15) is 5.10 Å². The highest BCUT2D eigenvalue weighted by Gasteiger charge is 2.21. The number of sulfonamides is 1. The Hall–Kier alpha value is -4.44. The molecule has 0 amide bonds. The topological polar surface area (TPSA) is 107 Å². The van der Waals surface area contributed by atoms with E-state index in [-0.39, 0.29) is 12.3 Å². The minimum absolute atomic E-state index is 0. The zero-order chi connectivity index (χ0) is 25.2. The Bertz CT molecular complexity index is 1630. The highest BCUT2D eigenvalue weighted by Crippen LogP contribution is 2.30. The van der Waals surface area contributed by atoms with Gasteiger partial charge in [-0.25, -0.2) is 18.4 Å². The number of H-pyrrole nitrogens is 1. The van der Waals surface area contributed by atoms with Gasteiger partial charge in [0.25, 0.3) is 10.0 Å². The molecular formula is C28H29N7O2S. The van der Waals surface area contributed by atoms with Gasteiger partial charge in [-0.05, 0) is 48.0 Å². The third-order valence-electron chi connectivity index (χ3n) is 6.54. The van der Waals surface area contributed by atoms with Crippen LogP contribution in [0, 0.1) is 0 Å². The van der Waals surface area contributed by atoms with E-state index in [1.807, 2.05) is 36.5 Å². The van der Waals surface area contributed by atoms with Crippen LogP contribution in [0.5, 0.6) is 0 Å². The summed E-state index contributed by atoms with van der Waals surface area (Å²) in [6, 6.07) is 22.1. The molecule has 0 atom stereocenters. The van der Waals surface area contributed by atoms with Crippen molar-refractivity contribution in [1.82, 2.24) is 20.2 Å². The third kappa shape index (κ3) is 5.03. The van der Waals surface area contributed by atoms with Gasteiger partial charge < -0.3 is 9.80 Å². The van der Waals surface area contributed by atoms with Gasteiger partial charge in [-0.15, -0.1) is 0 Å². The highest BCUT2D eigenvalue weighted by atomic mass is 32.2. The first-order valence-corrected chi connectivity index (χ1v) is 13.5. The van der Waals surface area contributed by atoms with Crippen molar-refractivity contribution in [2.24, 2.45) is 0 Å². The Labute approximate surface area is 222 Å². The van der Waals surface area contributed by atoms with Gasteiger partial charge in [0.05, 0.1) is 22.3 Å². The fourth-order valence-corrected chi connectivity index (χ4v) is 5.71. The van der Waals surface area contributed by atoms with Crippen molar-refractivity contribution in [1.29, 1.82) is 0 Å². The number of anilines is 3. The van der Waals surface area contributed by atoms with E-state index in [2.05, 4.69) is 40.8 Å². The molecule has 0 spiro atoms. The molecule has 1 fully saturated rings. The fourth-order valence-electron chi connectivity index (χ4n) is 4.64. The van der Waals surface area contributed by atoms with Crippen molar-refractivity contribution in [2.75, 3.05) is 40.7 Å². The number of fused-ring (bicyclic) bond motifs is 1. The van der Waals surface area contributed by atoms with Crippen LogP contribution in [0.3, 0.4) is 0 Å². The molecule has 3 aromatic carbocycles. The van der Waals surface area contributed by atoms with Crippen molar-refractivity contribution in [3.05, 3.63) is 91.5 Å². The molecule has 6 rings (SSSR count). The number of hydrogen-bond acceptors (Lipinski definition) is 7. The van der Waals surface area contributed by atoms with Crippen LogP contribution in [0.2, 0.25) is 0 Å². The van der Waals surface area contributed by atoms with E-state index in [0.29, 0.717) is 5.69 Å². The molecule has 1 saturated heterocycles. The molecule has 9 nitrogen and oxygen atoms in total. The molecule has 0 aliphatic carbocycles. The Kier molecular flexibility index (Phi) is 6.97. The third-order valence-corrected chi connectivity index (χ3v) is 7.94. The first-order chi connectivity index (χ1) is 18.1. The molecule has 2 aromatic heterocycles. The van der Waals surface area contributed by atoms with Crippen LogP contribution in [0.15, 0.2) is 96.4 Å². The molecule has 0 unspecified atom stereocenters. The number of piperazine rings is 1. The summed E-state index contributed by atoms with van der Waals surface area (Å²) in [5.41, 5.74) is 4.49. The summed E-state index contributed by atoms with van der Waals surface area (Å²) in [5.74, 6) is 0.916. The van der Waals surface area contributed by atoms with Crippen LogP contribution in [0.1, 0.15) is 7.43 Å². The van der Waals surface area contributed by atoms with Crippen molar-refractivity contribution < 1.29 is 8.42 Å². The van der Waals surface area contributed by atoms with E-state index in [9.17, 15) is 8.42 Å². The summed E-state index contributed by atoms with van der Waals surface area (Å²) < 4.78 is 28.2. The first kappa shape index (κ1) is 25.2. The van der Waals surface area contributed by atoms with Crippen LogP contribution < -0.4 is 14.5 Å². The molecule has 0 saturated carbocycles. The monoisotopic (exact) mass is 527 g/mol. The smallest absolute Gasteiger partial charge is 0.261 e. The lowest BCUT2D eigenvalue weighted by Crippen LogP contribution is -2.47. The lowest BCUT2D eigenvalue weighted by molar-refractivity contribution is 0.601. The Morgan fingerprint density at radius 1 is 0.816 bits per heavy atom. The summed E-state index contributed by atoms with van der Waals surface area (Å²) in [7, 11) is -3.64. The predicted molar refractivity (Wildman–Crippen MR) is 152 cm³/mol. The average molecular weight is 528 g/mol. The number of aromatic nitrogens is 4. The molecule has 0 bridgehead atoms. The lowest BCUT2D eigenvalue weighted by Gasteiger charge is -2.37. The normalized spacial score (nSPS) is 13.8. The molecule has 1 aliphatic heterocycles. The Balaban J connectivity index is 0.00000294. The minimum atomic E-state index is -3.64. The van der Waals surface area contributed by atoms with Gasteiger partial charge in [0, 0.05) is 49.0 Å². The van der Waals surface area contributed by atoms with Crippen LogP contribution >= 0.6 is 0 Å². The minimum Gasteiger partial charge on any atom is -0.368 e. The SMILES string of the molecule is C.O=S(=O)(Nc1cccc(N2CCN(c3ncnc4ccc(-c5cn[nH]c5)cc34)CC2)c1)c1ccccc1. The molecule has 1 aliphatic rings. The largest absolute Gasteiger partial charge is 0.368 e. The van der Waals surface area contributed by atoms with Crippen LogP contribution in [0.4, 0.5) is 17.2 Å². The van der Waals surface area contributed by atoms with Crippen LogP contribution in [-0.2, 0) is 10.0 Å². The van der Waals surface area contributed by atoms with Crippen LogP contribution in [-0.4, -0.2) is 54.8 Å². The van der Waals surface area contributed by atoms with Gasteiger partial charge in [0.15, 0.2) is 0 Å².